The Bertz CT molecular complexity index is 714. The van der Waals surface area contributed by atoms with Gasteiger partial charge in [-0.3, -0.25) is 4.79 Å². The number of carbonyl (C=O) groups is 1. The number of rotatable bonds is 10. The Balaban J connectivity index is 1.55. The molecule has 0 saturated carbocycles. The average Bonchev–Trinajstić information content (AvgIpc) is 3.12. The summed E-state index contributed by atoms with van der Waals surface area (Å²) in [6.45, 7) is 0.895. The molecule has 1 aromatic carbocycles. The van der Waals surface area contributed by atoms with Gasteiger partial charge in [0.25, 0.3) is 0 Å². The SMILES string of the molecule is O=C(CCCNS(=O)(=O)c1cccs1)NCCCc1ccccc1. The zero-order valence-electron chi connectivity index (χ0n) is 13.4. The fourth-order valence-corrected chi connectivity index (χ4v) is 4.31. The van der Waals surface area contributed by atoms with Crippen molar-refractivity contribution in [2.45, 2.75) is 29.9 Å². The Morgan fingerprint density at radius 3 is 2.50 bits per heavy atom. The molecule has 0 bridgehead atoms. The minimum atomic E-state index is -3.43. The topological polar surface area (TPSA) is 75.3 Å². The molecule has 2 N–H and O–H groups in total. The van der Waals surface area contributed by atoms with Gasteiger partial charge in [-0.15, -0.1) is 11.3 Å². The number of nitrogens with one attached hydrogen (secondary N) is 2. The van der Waals surface area contributed by atoms with E-state index in [1.165, 1.54) is 16.9 Å². The highest BCUT2D eigenvalue weighted by Gasteiger charge is 2.14. The molecule has 0 aliphatic carbocycles. The predicted molar refractivity (Wildman–Crippen MR) is 96.5 cm³/mol. The first-order chi connectivity index (χ1) is 11.6. The summed E-state index contributed by atoms with van der Waals surface area (Å²) in [5, 5.41) is 4.58. The maximum Gasteiger partial charge on any atom is 0.250 e. The van der Waals surface area contributed by atoms with Crippen LogP contribution in [0.3, 0.4) is 0 Å². The van der Waals surface area contributed by atoms with E-state index in [0.29, 0.717) is 23.6 Å². The number of benzene rings is 1. The zero-order chi connectivity index (χ0) is 17.3. The first-order valence-electron chi connectivity index (χ1n) is 7.92. The number of sulfonamides is 1. The number of hydrogen-bond acceptors (Lipinski definition) is 4. The number of aryl methyl sites for hydroxylation is 1. The fraction of sp³-hybridized carbons (Fsp3) is 0.353. The van der Waals surface area contributed by atoms with Gasteiger partial charge in [-0.2, -0.15) is 0 Å². The minimum absolute atomic E-state index is 0.0432. The van der Waals surface area contributed by atoms with Crippen molar-refractivity contribution in [3.05, 3.63) is 53.4 Å². The summed E-state index contributed by atoms with van der Waals surface area (Å²) in [6, 6.07) is 13.4. The van der Waals surface area contributed by atoms with Gasteiger partial charge in [-0.25, -0.2) is 13.1 Å². The van der Waals surface area contributed by atoms with Crippen LogP contribution in [0.1, 0.15) is 24.8 Å². The minimum Gasteiger partial charge on any atom is -0.356 e. The van der Waals surface area contributed by atoms with Gasteiger partial charge in [0.1, 0.15) is 4.21 Å². The summed E-state index contributed by atoms with van der Waals surface area (Å²) >= 11 is 1.18. The highest BCUT2D eigenvalue weighted by atomic mass is 32.2. The first kappa shape index (κ1) is 18.6. The smallest absolute Gasteiger partial charge is 0.250 e. The molecular weight excluding hydrogens is 344 g/mol. The summed E-state index contributed by atoms with van der Waals surface area (Å²) in [5.74, 6) is -0.0432. The Morgan fingerprint density at radius 2 is 1.79 bits per heavy atom. The summed E-state index contributed by atoms with van der Waals surface area (Å²) in [4.78, 5) is 11.7. The third-order valence-corrected chi connectivity index (χ3v) is 6.30. The predicted octanol–water partition coefficient (Wildman–Crippen LogP) is 2.56. The molecule has 0 radical (unpaired) electrons. The zero-order valence-corrected chi connectivity index (χ0v) is 15.0. The number of hydrogen-bond donors (Lipinski definition) is 2. The molecule has 1 aromatic heterocycles. The van der Waals surface area contributed by atoms with Crippen molar-refractivity contribution in [2.24, 2.45) is 0 Å². The van der Waals surface area contributed by atoms with Crippen LogP contribution in [0.4, 0.5) is 0 Å². The van der Waals surface area contributed by atoms with E-state index in [4.69, 9.17) is 0 Å². The fourth-order valence-electron chi connectivity index (χ4n) is 2.20. The molecule has 0 atom stereocenters. The van der Waals surface area contributed by atoms with Crippen molar-refractivity contribution in [1.29, 1.82) is 0 Å². The van der Waals surface area contributed by atoms with Gasteiger partial charge in [-0.05, 0) is 36.3 Å². The molecule has 24 heavy (non-hydrogen) atoms. The van der Waals surface area contributed by atoms with Crippen LogP contribution in [0.2, 0.25) is 0 Å². The van der Waals surface area contributed by atoms with Gasteiger partial charge < -0.3 is 5.32 Å². The normalized spacial score (nSPS) is 11.3. The number of carbonyl (C=O) groups excluding carboxylic acids is 1. The molecule has 7 heteroatoms. The van der Waals surface area contributed by atoms with Crippen molar-refractivity contribution < 1.29 is 13.2 Å². The lowest BCUT2D eigenvalue weighted by Crippen LogP contribution is -2.28. The standard InChI is InChI=1S/C17H22N2O3S2/c20-16(18-12-4-9-15-7-2-1-3-8-15)10-5-13-19-24(21,22)17-11-6-14-23-17/h1-3,6-8,11,14,19H,4-5,9-10,12-13H2,(H,18,20). The van der Waals surface area contributed by atoms with Gasteiger partial charge >= 0.3 is 0 Å². The Hall–Kier alpha value is -1.70. The largest absolute Gasteiger partial charge is 0.356 e. The molecule has 0 spiro atoms. The molecule has 0 unspecified atom stereocenters. The van der Waals surface area contributed by atoms with Crippen LogP contribution >= 0.6 is 11.3 Å². The maximum atomic E-state index is 11.9. The van der Waals surface area contributed by atoms with Gasteiger partial charge in [0, 0.05) is 19.5 Å². The maximum absolute atomic E-state index is 11.9. The van der Waals surface area contributed by atoms with E-state index in [1.54, 1.807) is 17.5 Å². The molecule has 1 amide bonds. The van der Waals surface area contributed by atoms with Gasteiger partial charge in [0.2, 0.25) is 15.9 Å². The number of amides is 1. The second-order valence-corrected chi connectivity index (χ2v) is 8.31. The van der Waals surface area contributed by atoms with E-state index >= 15 is 0 Å². The lowest BCUT2D eigenvalue weighted by Gasteiger charge is -2.06. The van der Waals surface area contributed by atoms with E-state index in [2.05, 4.69) is 22.2 Å². The van der Waals surface area contributed by atoms with Crippen molar-refractivity contribution in [2.75, 3.05) is 13.1 Å². The highest BCUT2D eigenvalue weighted by molar-refractivity contribution is 7.91. The highest BCUT2D eigenvalue weighted by Crippen LogP contribution is 2.15. The molecule has 0 aliphatic heterocycles. The molecule has 1 heterocycles. The van der Waals surface area contributed by atoms with Crippen molar-refractivity contribution >= 4 is 27.3 Å². The second kappa shape index (κ2) is 9.56. The van der Waals surface area contributed by atoms with E-state index in [0.717, 1.165) is 12.8 Å². The lowest BCUT2D eigenvalue weighted by atomic mass is 10.1. The molecular formula is C17H22N2O3S2. The van der Waals surface area contributed by atoms with Crippen LogP contribution in [0.25, 0.3) is 0 Å². The van der Waals surface area contributed by atoms with Crippen molar-refractivity contribution in [3.63, 3.8) is 0 Å². The van der Waals surface area contributed by atoms with E-state index in [-0.39, 0.29) is 12.5 Å². The molecule has 2 aromatic rings. The molecule has 0 saturated heterocycles. The Kier molecular flexibility index (Phi) is 7.42. The molecule has 130 valence electrons. The Morgan fingerprint density at radius 1 is 1.00 bits per heavy atom. The van der Waals surface area contributed by atoms with Crippen LogP contribution in [0, 0.1) is 0 Å². The molecule has 0 aliphatic rings. The average molecular weight is 367 g/mol. The van der Waals surface area contributed by atoms with Gasteiger partial charge in [-0.1, -0.05) is 36.4 Å². The van der Waals surface area contributed by atoms with Crippen LogP contribution in [-0.4, -0.2) is 27.4 Å². The van der Waals surface area contributed by atoms with E-state index < -0.39 is 10.0 Å². The number of thiophene rings is 1. The van der Waals surface area contributed by atoms with Crippen molar-refractivity contribution in [1.82, 2.24) is 10.0 Å². The molecule has 0 fully saturated rings. The lowest BCUT2D eigenvalue weighted by molar-refractivity contribution is -0.121. The quantitative estimate of drug-likeness (QED) is 0.635. The molecule has 2 rings (SSSR count). The summed E-state index contributed by atoms with van der Waals surface area (Å²) in [5.41, 5.74) is 1.26. The van der Waals surface area contributed by atoms with E-state index in [9.17, 15) is 13.2 Å². The monoisotopic (exact) mass is 366 g/mol. The summed E-state index contributed by atoms with van der Waals surface area (Å²) in [6.07, 6.45) is 2.62. The van der Waals surface area contributed by atoms with Crippen LogP contribution < -0.4 is 10.0 Å². The van der Waals surface area contributed by atoms with Crippen molar-refractivity contribution in [3.8, 4) is 0 Å². The summed E-state index contributed by atoms with van der Waals surface area (Å²) < 4.78 is 26.6. The third kappa shape index (κ3) is 6.43. The van der Waals surface area contributed by atoms with Crippen LogP contribution in [0.5, 0.6) is 0 Å². The third-order valence-electron chi connectivity index (χ3n) is 3.44. The van der Waals surface area contributed by atoms with Gasteiger partial charge in [0.15, 0.2) is 0 Å². The van der Waals surface area contributed by atoms with Crippen LogP contribution in [0.15, 0.2) is 52.1 Å². The van der Waals surface area contributed by atoms with E-state index in [1.807, 2.05) is 18.2 Å². The summed E-state index contributed by atoms with van der Waals surface area (Å²) in [7, 11) is -3.43. The Labute approximate surface area is 147 Å². The second-order valence-electron chi connectivity index (χ2n) is 5.37. The van der Waals surface area contributed by atoms with Crippen LogP contribution in [-0.2, 0) is 21.2 Å². The first-order valence-corrected chi connectivity index (χ1v) is 10.3. The van der Waals surface area contributed by atoms with Gasteiger partial charge in [0.05, 0.1) is 0 Å². The molecule has 5 nitrogen and oxygen atoms in total.